The smallest absolute Gasteiger partial charge is 0.228 e. The molecule has 28 heavy (non-hydrogen) atoms. The van der Waals surface area contributed by atoms with Crippen molar-refractivity contribution >= 4 is 23.2 Å². The molecule has 0 radical (unpaired) electrons. The number of piperidine rings is 1. The lowest BCUT2D eigenvalue weighted by molar-refractivity contribution is -0.122. The van der Waals surface area contributed by atoms with Gasteiger partial charge in [0.15, 0.2) is 0 Å². The highest BCUT2D eigenvalue weighted by Crippen LogP contribution is 2.30. The fourth-order valence-electron chi connectivity index (χ4n) is 4.37. The molecule has 2 aromatic rings. The molecule has 1 aliphatic heterocycles. The lowest BCUT2D eigenvalue weighted by Crippen LogP contribution is -2.38. The number of amides is 2. The third-order valence-electron chi connectivity index (χ3n) is 5.94. The number of benzene rings is 2. The first-order valence-corrected chi connectivity index (χ1v) is 10.1. The number of nitrogens with zero attached hydrogens (tertiary/aromatic N) is 1. The Kier molecular flexibility index (Phi) is 5.33. The van der Waals surface area contributed by atoms with E-state index >= 15 is 0 Å². The lowest BCUT2D eigenvalue weighted by Gasteiger charge is -2.33. The summed E-state index contributed by atoms with van der Waals surface area (Å²) in [6, 6.07) is 14.3. The number of primary amides is 1. The molecule has 1 aliphatic carbocycles. The first-order chi connectivity index (χ1) is 13.6. The lowest BCUT2D eigenvalue weighted by atomic mass is 9.96. The second-order valence-corrected chi connectivity index (χ2v) is 7.86. The molecule has 5 heteroatoms. The molecule has 1 heterocycles. The first-order valence-electron chi connectivity index (χ1n) is 10.1. The normalized spacial score (nSPS) is 16.6. The van der Waals surface area contributed by atoms with Gasteiger partial charge in [-0.05, 0) is 60.9 Å². The van der Waals surface area contributed by atoms with E-state index in [2.05, 4.69) is 28.4 Å². The Morgan fingerprint density at radius 2 is 1.79 bits per heavy atom. The summed E-state index contributed by atoms with van der Waals surface area (Å²) in [7, 11) is 0. The molecule has 1 saturated heterocycles. The third-order valence-corrected chi connectivity index (χ3v) is 5.94. The van der Waals surface area contributed by atoms with E-state index in [1.807, 2.05) is 24.3 Å². The molecule has 2 aromatic carbocycles. The van der Waals surface area contributed by atoms with Crippen molar-refractivity contribution in [2.45, 2.75) is 38.5 Å². The zero-order valence-electron chi connectivity index (χ0n) is 16.1. The number of aryl methyl sites for hydroxylation is 2. The molecule has 0 bridgehead atoms. The second kappa shape index (κ2) is 8.05. The number of hydrogen-bond donors (Lipinski definition) is 2. The van der Waals surface area contributed by atoms with E-state index in [-0.39, 0.29) is 17.7 Å². The van der Waals surface area contributed by atoms with Crippen LogP contribution in [0.4, 0.5) is 11.4 Å². The Balaban J connectivity index is 1.42. The molecule has 2 amide bonds. The highest BCUT2D eigenvalue weighted by atomic mass is 16.2. The Morgan fingerprint density at radius 1 is 1.04 bits per heavy atom. The van der Waals surface area contributed by atoms with Crippen molar-refractivity contribution in [2.24, 2.45) is 11.7 Å². The van der Waals surface area contributed by atoms with Crippen molar-refractivity contribution in [1.82, 2.24) is 0 Å². The van der Waals surface area contributed by atoms with Gasteiger partial charge in [-0.25, -0.2) is 0 Å². The molecular weight excluding hydrogens is 350 g/mol. The van der Waals surface area contributed by atoms with Crippen molar-refractivity contribution in [3.05, 3.63) is 59.2 Å². The summed E-state index contributed by atoms with van der Waals surface area (Å²) in [5.74, 6) is -0.259. The van der Waals surface area contributed by atoms with Gasteiger partial charge in [0.25, 0.3) is 0 Å². The largest absolute Gasteiger partial charge is 0.370 e. The van der Waals surface area contributed by atoms with Gasteiger partial charge in [0.05, 0.1) is 17.8 Å². The maximum atomic E-state index is 12.7. The van der Waals surface area contributed by atoms with Crippen molar-refractivity contribution < 1.29 is 9.59 Å². The monoisotopic (exact) mass is 377 g/mol. The van der Waals surface area contributed by atoms with Crippen molar-refractivity contribution in [3.63, 3.8) is 0 Å². The van der Waals surface area contributed by atoms with Gasteiger partial charge in [-0.15, -0.1) is 0 Å². The molecule has 2 aliphatic rings. The van der Waals surface area contributed by atoms with Gasteiger partial charge in [0.2, 0.25) is 11.8 Å². The van der Waals surface area contributed by atoms with Crippen LogP contribution in [-0.4, -0.2) is 24.9 Å². The third kappa shape index (κ3) is 4.03. The average molecular weight is 377 g/mol. The van der Waals surface area contributed by atoms with Crippen LogP contribution >= 0.6 is 0 Å². The van der Waals surface area contributed by atoms with Gasteiger partial charge in [0.1, 0.15) is 0 Å². The number of rotatable bonds is 5. The van der Waals surface area contributed by atoms with Crippen LogP contribution in [0.3, 0.4) is 0 Å². The zero-order chi connectivity index (χ0) is 19.5. The van der Waals surface area contributed by atoms with E-state index in [4.69, 9.17) is 5.73 Å². The number of nitrogens with one attached hydrogen (secondary N) is 1. The van der Waals surface area contributed by atoms with Crippen LogP contribution < -0.4 is 16.0 Å². The van der Waals surface area contributed by atoms with E-state index < -0.39 is 0 Å². The van der Waals surface area contributed by atoms with E-state index in [0.29, 0.717) is 6.42 Å². The molecule has 4 rings (SSSR count). The minimum atomic E-state index is -0.212. The van der Waals surface area contributed by atoms with Gasteiger partial charge in [-0.2, -0.15) is 0 Å². The average Bonchev–Trinajstić information content (AvgIpc) is 3.16. The summed E-state index contributed by atoms with van der Waals surface area (Å²) in [5, 5.41) is 3.09. The molecule has 146 valence electrons. The highest BCUT2D eigenvalue weighted by molar-refractivity contribution is 5.95. The van der Waals surface area contributed by atoms with Crippen LogP contribution in [0.1, 0.15) is 36.0 Å². The fourth-order valence-corrected chi connectivity index (χ4v) is 4.37. The molecule has 0 saturated carbocycles. The molecule has 0 spiro atoms. The number of carbonyl (C=O) groups is 2. The zero-order valence-corrected chi connectivity index (χ0v) is 16.1. The summed E-state index contributed by atoms with van der Waals surface area (Å²) in [5.41, 5.74) is 11.2. The maximum Gasteiger partial charge on any atom is 0.228 e. The number of fused-ring (bicyclic) bond motifs is 1. The second-order valence-electron chi connectivity index (χ2n) is 7.86. The number of para-hydroxylation sites is 2. The van der Waals surface area contributed by atoms with Gasteiger partial charge in [-0.1, -0.05) is 30.3 Å². The van der Waals surface area contributed by atoms with Gasteiger partial charge >= 0.3 is 0 Å². The minimum absolute atomic E-state index is 0.00239. The number of carbonyl (C=O) groups excluding carboxylic acids is 2. The summed E-state index contributed by atoms with van der Waals surface area (Å²) >= 11 is 0. The summed E-state index contributed by atoms with van der Waals surface area (Å²) in [6.45, 7) is 1.54. The van der Waals surface area contributed by atoms with Crippen LogP contribution in [0.2, 0.25) is 0 Å². The molecule has 0 unspecified atom stereocenters. The standard InChI is InChI=1S/C23H27N3O2/c24-23(28)18-10-12-26(13-11-18)21-7-2-1-6-20(21)25-22(27)15-16-8-9-17-4-3-5-19(17)14-16/h1-2,6-9,14,18H,3-5,10-13,15H2,(H2,24,28)(H,25,27). The summed E-state index contributed by atoms with van der Waals surface area (Å²) in [6.07, 6.45) is 5.38. The van der Waals surface area contributed by atoms with Crippen molar-refractivity contribution in [3.8, 4) is 0 Å². The van der Waals surface area contributed by atoms with Crippen LogP contribution in [-0.2, 0) is 28.9 Å². The van der Waals surface area contributed by atoms with Crippen LogP contribution in [0.25, 0.3) is 0 Å². The van der Waals surface area contributed by atoms with E-state index in [9.17, 15) is 9.59 Å². The predicted molar refractivity (Wildman–Crippen MR) is 111 cm³/mol. The molecule has 0 aromatic heterocycles. The molecule has 5 nitrogen and oxygen atoms in total. The Bertz CT molecular complexity index is 885. The van der Waals surface area contributed by atoms with Crippen LogP contribution in [0, 0.1) is 5.92 Å². The van der Waals surface area contributed by atoms with Crippen molar-refractivity contribution in [2.75, 3.05) is 23.3 Å². The van der Waals surface area contributed by atoms with E-state index in [1.165, 1.54) is 17.5 Å². The van der Waals surface area contributed by atoms with Gasteiger partial charge in [0, 0.05) is 19.0 Å². The fraction of sp³-hybridized carbons (Fsp3) is 0.391. The quantitative estimate of drug-likeness (QED) is 0.841. The van der Waals surface area contributed by atoms with Crippen molar-refractivity contribution in [1.29, 1.82) is 0 Å². The molecular formula is C23H27N3O2. The number of hydrogen-bond acceptors (Lipinski definition) is 3. The number of nitrogens with two attached hydrogens (primary N) is 1. The summed E-state index contributed by atoms with van der Waals surface area (Å²) in [4.78, 5) is 26.3. The van der Waals surface area contributed by atoms with Gasteiger partial charge in [-0.3, -0.25) is 9.59 Å². The Labute approximate surface area is 165 Å². The summed E-state index contributed by atoms with van der Waals surface area (Å²) < 4.78 is 0. The molecule has 0 atom stereocenters. The van der Waals surface area contributed by atoms with Gasteiger partial charge < -0.3 is 16.0 Å². The van der Waals surface area contributed by atoms with E-state index in [0.717, 1.165) is 55.7 Å². The molecule has 3 N–H and O–H groups in total. The minimum Gasteiger partial charge on any atom is -0.370 e. The SMILES string of the molecule is NC(=O)C1CCN(c2ccccc2NC(=O)Cc2ccc3c(c2)CCC3)CC1. The Morgan fingerprint density at radius 3 is 2.57 bits per heavy atom. The van der Waals surface area contributed by atoms with E-state index in [1.54, 1.807) is 0 Å². The van der Waals surface area contributed by atoms with Crippen LogP contribution in [0.5, 0.6) is 0 Å². The maximum absolute atomic E-state index is 12.7. The molecule has 1 fully saturated rings. The first kappa shape index (κ1) is 18.5. The Hall–Kier alpha value is -2.82. The topological polar surface area (TPSA) is 75.4 Å². The predicted octanol–water partition coefficient (Wildman–Crippen LogP) is 3.06. The number of anilines is 2. The highest BCUT2D eigenvalue weighted by Gasteiger charge is 2.24. The van der Waals surface area contributed by atoms with Crippen LogP contribution in [0.15, 0.2) is 42.5 Å².